The third kappa shape index (κ3) is 2.08. The topological polar surface area (TPSA) is 28.7 Å². The molecule has 0 bridgehead atoms. The number of nitrogens with one attached hydrogen (secondary N) is 1. The quantitative estimate of drug-likeness (QED) is 0.800. The lowest BCUT2D eigenvalue weighted by Crippen LogP contribution is -1.84. The van der Waals surface area contributed by atoms with Gasteiger partial charge in [0, 0.05) is 16.2 Å². The molecule has 14 heavy (non-hydrogen) atoms. The second kappa shape index (κ2) is 4.02. The number of H-pyrrole nitrogens is 1. The number of aromatic nitrogens is 2. The number of halogens is 1. The van der Waals surface area contributed by atoms with Crippen molar-refractivity contribution in [2.75, 3.05) is 0 Å². The van der Waals surface area contributed by atoms with E-state index < -0.39 is 0 Å². The Kier molecular flexibility index (Phi) is 2.74. The van der Waals surface area contributed by atoms with Gasteiger partial charge >= 0.3 is 0 Å². The van der Waals surface area contributed by atoms with E-state index in [1.54, 1.807) is 6.20 Å². The summed E-state index contributed by atoms with van der Waals surface area (Å²) in [6.45, 7) is 0. The van der Waals surface area contributed by atoms with Crippen molar-refractivity contribution in [3.8, 4) is 11.3 Å². The minimum atomic E-state index is 0.642. The lowest BCUT2D eigenvalue weighted by Gasteiger charge is -1.99. The van der Waals surface area contributed by atoms with Crippen LogP contribution in [0.25, 0.3) is 11.3 Å². The van der Waals surface area contributed by atoms with Crippen LogP contribution in [-0.2, 0) is 0 Å². The van der Waals surface area contributed by atoms with E-state index in [9.17, 15) is 0 Å². The van der Waals surface area contributed by atoms with Gasteiger partial charge in [-0.1, -0.05) is 40.3 Å². The van der Waals surface area contributed by atoms with Gasteiger partial charge in [0.15, 0.2) is 0 Å². The molecule has 1 N–H and O–H groups in total. The van der Waals surface area contributed by atoms with E-state index in [0.29, 0.717) is 4.64 Å². The zero-order valence-corrected chi connectivity index (χ0v) is 9.60. The van der Waals surface area contributed by atoms with Crippen molar-refractivity contribution in [2.45, 2.75) is 0 Å². The molecule has 1 heterocycles. The number of rotatable bonds is 1. The Morgan fingerprint density at radius 2 is 2.21 bits per heavy atom. The molecule has 0 unspecified atom stereocenters. The number of hydrogen-bond acceptors (Lipinski definition) is 2. The highest BCUT2D eigenvalue weighted by Crippen LogP contribution is 2.19. The summed E-state index contributed by atoms with van der Waals surface area (Å²) in [6.07, 6.45) is 3.45. The van der Waals surface area contributed by atoms with E-state index >= 15 is 0 Å². The van der Waals surface area contributed by atoms with Gasteiger partial charge < -0.3 is 4.98 Å². The number of nitrogens with zero attached hydrogens (tertiary/aromatic N) is 1. The van der Waals surface area contributed by atoms with Crippen LogP contribution in [0.4, 0.5) is 0 Å². The first-order valence-electron chi connectivity index (χ1n) is 4.06. The molecule has 0 amide bonds. The van der Waals surface area contributed by atoms with Gasteiger partial charge in [-0.2, -0.15) is 0 Å². The molecular weight excluding hydrogens is 260 g/mol. The third-order valence-corrected chi connectivity index (χ3v) is 2.51. The summed E-state index contributed by atoms with van der Waals surface area (Å²) in [6, 6.07) is 7.97. The molecule has 0 aliphatic rings. The van der Waals surface area contributed by atoms with Crippen LogP contribution in [-0.4, -0.2) is 9.97 Å². The fraction of sp³-hybridized carbons (Fsp3) is 0. The molecule has 4 heteroatoms. The molecule has 1 aromatic heterocycles. The minimum Gasteiger partial charge on any atom is -0.350 e. The summed E-state index contributed by atoms with van der Waals surface area (Å²) in [5, 5.41) is 0. The number of aromatic amines is 1. The van der Waals surface area contributed by atoms with Gasteiger partial charge in [-0.3, -0.25) is 4.98 Å². The van der Waals surface area contributed by atoms with Crippen molar-refractivity contribution in [1.82, 2.24) is 9.97 Å². The normalized spacial score (nSPS) is 10.1. The average Bonchev–Trinajstić information content (AvgIpc) is 2.19. The van der Waals surface area contributed by atoms with Crippen molar-refractivity contribution in [3.05, 3.63) is 45.8 Å². The molecule has 0 spiro atoms. The fourth-order valence-electron chi connectivity index (χ4n) is 1.15. The maximum Gasteiger partial charge on any atom is 0.121 e. The standard InChI is InChI=1S/C10H7BrN2S/c11-8-3-1-2-7(4-8)9-5-13-10(14)6-12-9/h1-6H,(H,13,14). The molecule has 2 aromatic rings. The zero-order chi connectivity index (χ0) is 9.97. The van der Waals surface area contributed by atoms with Crippen molar-refractivity contribution < 1.29 is 0 Å². The largest absolute Gasteiger partial charge is 0.350 e. The van der Waals surface area contributed by atoms with Crippen LogP contribution in [0.3, 0.4) is 0 Å². The fourth-order valence-corrected chi connectivity index (χ4v) is 1.66. The van der Waals surface area contributed by atoms with Crippen LogP contribution < -0.4 is 0 Å². The number of benzene rings is 1. The summed E-state index contributed by atoms with van der Waals surface area (Å²) >= 11 is 8.34. The molecule has 1 aromatic carbocycles. The van der Waals surface area contributed by atoms with E-state index in [4.69, 9.17) is 12.2 Å². The van der Waals surface area contributed by atoms with Crippen molar-refractivity contribution in [2.24, 2.45) is 0 Å². The van der Waals surface area contributed by atoms with E-state index in [1.165, 1.54) is 0 Å². The zero-order valence-electron chi connectivity index (χ0n) is 7.20. The Hall–Kier alpha value is -1.00. The summed E-state index contributed by atoms with van der Waals surface area (Å²) in [4.78, 5) is 7.19. The smallest absolute Gasteiger partial charge is 0.121 e. The summed E-state index contributed by atoms with van der Waals surface area (Å²) < 4.78 is 1.68. The van der Waals surface area contributed by atoms with Gasteiger partial charge in [-0.15, -0.1) is 0 Å². The Bertz CT molecular complexity index is 487. The first-order valence-corrected chi connectivity index (χ1v) is 5.26. The second-order valence-electron chi connectivity index (χ2n) is 2.81. The van der Waals surface area contributed by atoms with E-state index in [0.717, 1.165) is 15.7 Å². The van der Waals surface area contributed by atoms with Gasteiger partial charge in [-0.25, -0.2) is 0 Å². The second-order valence-corrected chi connectivity index (χ2v) is 4.16. The molecule has 2 rings (SSSR count). The van der Waals surface area contributed by atoms with Gasteiger partial charge in [0.05, 0.1) is 11.9 Å². The molecule has 0 saturated heterocycles. The number of hydrogen-bond donors (Lipinski definition) is 1. The van der Waals surface area contributed by atoms with E-state index in [1.807, 2.05) is 30.5 Å². The Balaban J connectivity index is 2.49. The first-order chi connectivity index (χ1) is 6.75. The highest BCUT2D eigenvalue weighted by Gasteiger charge is 1.98. The van der Waals surface area contributed by atoms with Crippen LogP contribution >= 0.6 is 28.1 Å². The average molecular weight is 267 g/mol. The Morgan fingerprint density at radius 3 is 2.86 bits per heavy atom. The molecule has 0 aliphatic heterocycles. The van der Waals surface area contributed by atoms with Crippen LogP contribution in [0.15, 0.2) is 41.1 Å². The highest BCUT2D eigenvalue weighted by atomic mass is 79.9. The van der Waals surface area contributed by atoms with Crippen LogP contribution in [0.5, 0.6) is 0 Å². The van der Waals surface area contributed by atoms with E-state index in [-0.39, 0.29) is 0 Å². The minimum absolute atomic E-state index is 0.642. The Labute approximate surface area is 95.2 Å². The molecular formula is C10H7BrN2S. The van der Waals surface area contributed by atoms with Crippen molar-refractivity contribution in [1.29, 1.82) is 0 Å². The Morgan fingerprint density at radius 1 is 1.36 bits per heavy atom. The highest BCUT2D eigenvalue weighted by molar-refractivity contribution is 9.10. The van der Waals surface area contributed by atoms with Gasteiger partial charge in [0.1, 0.15) is 4.64 Å². The van der Waals surface area contributed by atoms with Gasteiger partial charge in [0.25, 0.3) is 0 Å². The molecule has 0 aliphatic carbocycles. The summed E-state index contributed by atoms with van der Waals surface area (Å²) in [7, 11) is 0. The lowest BCUT2D eigenvalue weighted by molar-refractivity contribution is 1.18. The van der Waals surface area contributed by atoms with Crippen LogP contribution in [0.1, 0.15) is 0 Å². The molecule has 70 valence electrons. The van der Waals surface area contributed by atoms with E-state index in [2.05, 4.69) is 25.9 Å². The maximum atomic E-state index is 4.92. The predicted molar refractivity (Wildman–Crippen MR) is 62.6 cm³/mol. The molecule has 0 atom stereocenters. The monoisotopic (exact) mass is 266 g/mol. The summed E-state index contributed by atoms with van der Waals surface area (Å²) in [5.41, 5.74) is 1.95. The molecule has 0 fully saturated rings. The summed E-state index contributed by atoms with van der Waals surface area (Å²) in [5.74, 6) is 0. The van der Waals surface area contributed by atoms with Gasteiger partial charge in [-0.05, 0) is 12.1 Å². The maximum absolute atomic E-state index is 4.92. The molecule has 0 saturated carbocycles. The first kappa shape index (κ1) is 9.55. The van der Waals surface area contributed by atoms with Crippen LogP contribution in [0.2, 0.25) is 0 Å². The third-order valence-electron chi connectivity index (χ3n) is 1.79. The van der Waals surface area contributed by atoms with Crippen molar-refractivity contribution >= 4 is 28.1 Å². The van der Waals surface area contributed by atoms with Crippen LogP contribution in [0, 0.1) is 4.64 Å². The van der Waals surface area contributed by atoms with Gasteiger partial charge in [0.2, 0.25) is 0 Å². The SMILES string of the molecule is S=c1cnc(-c2cccc(Br)c2)c[nH]1. The molecule has 0 radical (unpaired) electrons. The predicted octanol–water partition coefficient (Wildman–Crippen LogP) is 3.57. The molecule has 2 nitrogen and oxygen atoms in total. The lowest BCUT2D eigenvalue weighted by atomic mass is 10.2. The van der Waals surface area contributed by atoms with Crippen molar-refractivity contribution in [3.63, 3.8) is 0 Å².